The van der Waals surface area contributed by atoms with Gasteiger partial charge in [0.1, 0.15) is 5.75 Å². The summed E-state index contributed by atoms with van der Waals surface area (Å²) in [6.45, 7) is 0. The Bertz CT molecular complexity index is 1410. The van der Waals surface area contributed by atoms with Crippen LogP contribution in [0.15, 0.2) is 75.8 Å². The van der Waals surface area contributed by atoms with E-state index in [9.17, 15) is 27.9 Å². The quantitative estimate of drug-likeness (QED) is 0.267. The number of rotatable bonds is 4. The van der Waals surface area contributed by atoms with Crippen LogP contribution in [-0.2, 0) is 11.0 Å². The van der Waals surface area contributed by atoms with Crippen molar-refractivity contribution in [2.45, 2.75) is 6.18 Å². The summed E-state index contributed by atoms with van der Waals surface area (Å²) in [6, 6.07) is 12.7. The van der Waals surface area contributed by atoms with Crippen LogP contribution in [0.25, 0.3) is 6.08 Å². The third-order valence-corrected chi connectivity index (χ3v) is 6.32. The number of hydrogen-bond donors (Lipinski definition) is 1. The molecule has 0 spiro atoms. The summed E-state index contributed by atoms with van der Waals surface area (Å²) in [5.41, 5.74) is -0.284. The van der Waals surface area contributed by atoms with E-state index < -0.39 is 22.9 Å². The number of phenolic OH excluding ortho intramolecular Hbond substituents is 1. The van der Waals surface area contributed by atoms with E-state index in [4.69, 9.17) is 23.2 Å². The molecule has 0 bridgehead atoms. The Hall–Kier alpha value is -3.34. The van der Waals surface area contributed by atoms with Gasteiger partial charge in [-0.1, -0.05) is 29.3 Å². The topological polar surface area (TPSA) is 82.3 Å². The number of carbonyl (C=O) groups is 2. The SMILES string of the molecule is O=C1S/C(=C\c2cc(N=Nc3cccc(C(F)(F)F)c3)ccc2O)C(=O)N1c1ccc(Cl)c(Cl)c1. The highest BCUT2D eigenvalue weighted by Gasteiger charge is 2.36. The van der Waals surface area contributed by atoms with Crippen molar-refractivity contribution in [3.05, 3.63) is 86.7 Å². The summed E-state index contributed by atoms with van der Waals surface area (Å²) >= 11 is 12.5. The van der Waals surface area contributed by atoms with E-state index in [0.717, 1.165) is 17.0 Å². The molecule has 4 rings (SSSR count). The van der Waals surface area contributed by atoms with Gasteiger partial charge < -0.3 is 5.11 Å². The van der Waals surface area contributed by atoms with Crippen LogP contribution in [0.1, 0.15) is 11.1 Å². The number of hydrogen-bond acceptors (Lipinski definition) is 6. The van der Waals surface area contributed by atoms with E-state index in [1.54, 1.807) is 0 Å². The predicted octanol–water partition coefficient (Wildman–Crippen LogP) is 8.37. The maximum absolute atomic E-state index is 12.9. The van der Waals surface area contributed by atoms with Crippen LogP contribution in [0.5, 0.6) is 5.75 Å². The maximum atomic E-state index is 12.9. The number of carbonyl (C=O) groups excluding carboxylic acids is 2. The zero-order valence-electron chi connectivity index (χ0n) is 17.3. The summed E-state index contributed by atoms with van der Waals surface area (Å²) in [7, 11) is 0. The number of anilines is 1. The number of alkyl halides is 3. The molecule has 1 N–H and O–H groups in total. The average Bonchev–Trinajstić information content (AvgIpc) is 3.08. The number of aromatic hydroxyl groups is 1. The van der Waals surface area contributed by atoms with Gasteiger partial charge in [-0.3, -0.25) is 9.59 Å². The van der Waals surface area contributed by atoms with Crippen molar-refractivity contribution >= 4 is 69.2 Å². The van der Waals surface area contributed by atoms with E-state index in [1.807, 2.05) is 0 Å². The fourth-order valence-electron chi connectivity index (χ4n) is 3.04. The van der Waals surface area contributed by atoms with E-state index >= 15 is 0 Å². The Labute approximate surface area is 210 Å². The molecule has 3 aromatic rings. The molecule has 0 aliphatic carbocycles. The molecule has 1 fully saturated rings. The van der Waals surface area contributed by atoms with Crippen LogP contribution in [0.4, 0.5) is 35.0 Å². The predicted molar refractivity (Wildman–Crippen MR) is 129 cm³/mol. The molecular weight excluding hydrogens is 526 g/mol. The fraction of sp³-hybridized carbons (Fsp3) is 0.0435. The molecule has 3 aromatic carbocycles. The van der Waals surface area contributed by atoms with Crippen molar-refractivity contribution in [1.82, 2.24) is 0 Å². The Morgan fingerprint density at radius 3 is 2.31 bits per heavy atom. The number of amides is 2. The minimum Gasteiger partial charge on any atom is -0.507 e. The lowest BCUT2D eigenvalue weighted by Crippen LogP contribution is -2.27. The van der Waals surface area contributed by atoms with Gasteiger partial charge >= 0.3 is 6.18 Å². The third kappa shape index (κ3) is 5.50. The highest BCUT2D eigenvalue weighted by atomic mass is 35.5. The molecule has 2 amide bonds. The molecule has 1 aliphatic rings. The second-order valence-corrected chi connectivity index (χ2v) is 8.91. The number of imide groups is 1. The molecule has 0 unspecified atom stereocenters. The lowest BCUT2D eigenvalue weighted by atomic mass is 10.1. The van der Waals surface area contributed by atoms with Gasteiger partial charge in [0, 0.05) is 5.56 Å². The minimum absolute atomic E-state index is 0.0165. The Kier molecular flexibility index (Phi) is 6.88. The van der Waals surface area contributed by atoms with E-state index in [-0.39, 0.29) is 43.3 Å². The molecule has 12 heteroatoms. The number of azo groups is 1. The summed E-state index contributed by atoms with van der Waals surface area (Å²) in [5, 5.41) is 17.8. The number of benzene rings is 3. The second-order valence-electron chi connectivity index (χ2n) is 7.11. The van der Waals surface area contributed by atoms with Gasteiger partial charge in [0.15, 0.2) is 0 Å². The maximum Gasteiger partial charge on any atom is 0.416 e. The molecule has 1 aliphatic heterocycles. The summed E-state index contributed by atoms with van der Waals surface area (Å²) in [4.78, 5) is 26.3. The third-order valence-electron chi connectivity index (χ3n) is 4.71. The molecule has 0 saturated carbocycles. The Morgan fingerprint density at radius 1 is 0.914 bits per heavy atom. The largest absolute Gasteiger partial charge is 0.507 e. The molecule has 0 atom stereocenters. The van der Waals surface area contributed by atoms with Crippen molar-refractivity contribution in [3.8, 4) is 5.75 Å². The number of phenols is 1. The number of thioether (sulfide) groups is 1. The molecule has 178 valence electrons. The van der Waals surface area contributed by atoms with Gasteiger partial charge in [-0.25, -0.2) is 4.90 Å². The lowest BCUT2D eigenvalue weighted by Gasteiger charge is -2.13. The second kappa shape index (κ2) is 9.73. The van der Waals surface area contributed by atoms with Crippen molar-refractivity contribution in [2.75, 3.05) is 4.90 Å². The highest BCUT2D eigenvalue weighted by molar-refractivity contribution is 8.19. The van der Waals surface area contributed by atoms with Crippen molar-refractivity contribution in [1.29, 1.82) is 0 Å². The molecule has 1 heterocycles. The molecule has 6 nitrogen and oxygen atoms in total. The van der Waals surface area contributed by atoms with E-state index in [0.29, 0.717) is 11.8 Å². The van der Waals surface area contributed by atoms with Gasteiger partial charge in [-0.2, -0.15) is 23.4 Å². The zero-order valence-corrected chi connectivity index (χ0v) is 19.6. The van der Waals surface area contributed by atoms with Crippen LogP contribution in [0, 0.1) is 0 Å². The van der Waals surface area contributed by atoms with Gasteiger partial charge in [0.05, 0.1) is 37.6 Å². The first-order chi connectivity index (χ1) is 16.5. The lowest BCUT2D eigenvalue weighted by molar-refractivity contribution is -0.137. The first-order valence-corrected chi connectivity index (χ1v) is 11.3. The normalized spacial score (nSPS) is 15.6. The van der Waals surface area contributed by atoms with Gasteiger partial charge in [0.2, 0.25) is 0 Å². The van der Waals surface area contributed by atoms with Crippen LogP contribution >= 0.6 is 35.0 Å². The van der Waals surface area contributed by atoms with E-state index in [2.05, 4.69) is 10.2 Å². The van der Waals surface area contributed by atoms with Gasteiger partial charge in [-0.05, 0) is 72.4 Å². The van der Waals surface area contributed by atoms with Crippen LogP contribution in [0.3, 0.4) is 0 Å². The van der Waals surface area contributed by atoms with Crippen molar-refractivity contribution in [3.63, 3.8) is 0 Å². The highest BCUT2D eigenvalue weighted by Crippen LogP contribution is 2.39. The van der Waals surface area contributed by atoms with Gasteiger partial charge in [0.25, 0.3) is 11.1 Å². The molecule has 1 saturated heterocycles. The summed E-state index contributed by atoms with van der Waals surface area (Å²) in [5.74, 6) is -0.835. The van der Waals surface area contributed by atoms with E-state index in [1.165, 1.54) is 54.6 Å². The minimum atomic E-state index is -4.52. The fourth-order valence-corrected chi connectivity index (χ4v) is 4.16. The van der Waals surface area contributed by atoms with Crippen LogP contribution in [-0.4, -0.2) is 16.3 Å². The van der Waals surface area contributed by atoms with Gasteiger partial charge in [-0.15, -0.1) is 0 Å². The van der Waals surface area contributed by atoms with Crippen molar-refractivity contribution < 1.29 is 27.9 Å². The zero-order chi connectivity index (χ0) is 25.3. The van der Waals surface area contributed by atoms with Crippen LogP contribution in [0.2, 0.25) is 10.0 Å². The summed E-state index contributed by atoms with van der Waals surface area (Å²) in [6.07, 6.45) is -3.21. The first-order valence-electron chi connectivity index (χ1n) is 9.68. The molecule has 0 aromatic heterocycles. The molecule has 0 radical (unpaired) electrons. The average molecular weight is 538 g/mol. The molecular formula is C23H12Cl2F3N3O3S. The monoisotopic (exact) mass is 537 g/mol. The first kappa shape index (κ1) is 24.8. The summed E-state index contributed by atoms with van der Waals surface area (Å²) < 4.78 is 38.6. The van der Waals surface area contributed by atoms with Crippen LogP contribution < -0.4 is 4.90 Å². The standard InChI is InChI=1S/C23H12Cl2F3N3O3S/c24-17-6-5-16(11-18(17)25)31-21(33)20(35-22(31)34)9-12-8-15(4-7-19(12)32)30-29-14-3-1-2-13(10-14)23(26,27)28/h1-11,32H/b20-9-,30-29?. The molecule has 35 heavy (non-hydrogen) atoms. The van der Waals surface area contributed by atoms with Crippen molar-refractivity contribution in [2.24, 2.45) is 10.2 Å². The number of nitrogens with zero attached hydrogens (tertiary/aromatic N) is 3. The smallest absolute Gasteiger partial charge is 0.416 e. The Morgan fingerprint density at radius 2 is 1.63 bits per heavy atom. The number of halogens is 5. The Balaban J connectivity index is 1.60.